The van der Waals surface area contributed by atoms with Gasteiger partial charge < -0.3 is 24.8 Å². The van der Waals surface area contributed by atoms with E-state index < -0.39 is 0 Å². The molecule has 2 unspecified atom stereocenters. The summed E-state index contributed by atoms with van der Waals surface area (Å²) in [6, 6.07) is 15.7. The molecule has 0 saturated heterocycles. The van der Waals surface area contributed by atoms with E-state index in [0.29, 0.717) is 11.8 Å². The molecule has 0 nitrogen and oxygen atoms in total. The predicted molar refractivity (Wildman–Crippen MR) is 108 cm³/mol. The molecule has 0 spiro atoms. The Morgan fingerprint density at radius 2 is 1.64 bits per heavy atom. The Kier molecular flexibility index (Phi) is 11.8. The summed E-state index contributed by atoms with van der Waals surface area (Å²) in [6.07, 6.45) is 7.26. The van der Waals surface area contributed by atoms with Crippen LogP contribution in [0, 0.1) is 18.9 Å². The fraction of sp³-hybridized carbons (Fsp3) is 0.400. The van der Waals surface area contributed by atoms with Gasteiger partial charge in [-0.25, -0.2) is 11.6 Å². The van der Waals surface area contributed by atoms with Crippen LogP contribution in [-0.2, 0) is 28.1 Å². The zero-order valence-electron chi connectivity index (χ0n) is 17.6. The van der Waals surface area contributed by atoms with E-state index in [1.807, 2.05) is 0 Å². The molecule has 3 heteroatoms. The minimum Gasteiger partial charge on any atom is -1.00 e. The smallest absolute Gasteiger partial charge is 1.00 e. The Morgan fingerprint density at radius 3 is 2.14 bits per heavy atom. The number of fused-ring (bicyclic) bond motifs is 1. The van der Waals surface area contributed by atoms with Crippen molar-refractivity contribution in [2.45, 2.75) is 59.8 Å². The van der Waals surface area contributed by atoms with E-state index in [0.717, 1.165) is 0 Å². The third-order valence-corrected chi connectivity index (χ3v) is 5.91. The summed E-state index contributed by atoms with van der Waals surface area (Å²) in [7, 11) is 0. The molecule has 2 aromatic carbocycles. The van der Waals surface area contributed by atoms with Gasteiger partial charge in [0.1, 0.15) is 0 Å². The molecule has 0 bridgehead atoms. The second-order valence-corrected chi connectivity index (χ2v) is 7.67. The van der Waals surface area contributed by atoms with Crippen LogP contribution in [0.25, 0.3) is 0 Å². The number of rotatable bonds is 1. The minimum absolute atomic E-state index is 0. The van der Waals surface area contributed by atoms with Gasteiger partial charge in [-0.2, -0.15) is 33.9 Å². The molecular formula is C25H30Cl2Ti. The largest absolute Gasteiger partial charge is 4.00 e. The van der Waals surface area contributed by atoms with E-state index in [1.54, 1.807) is 11.1 Å². The van der Waals surface area contributed by atoms with Gasteiger partial charge in [0.05, 0.1) is 0 Å². The van der Waals surface area contributed by atoms with Crippen LogP contribution in [0.4, 0.5) is 0 Å². The predicted octanol–water partition coefficient (Wildman–Crippen LogP) is 0.910. The SMILES string of the molecule is CC1=[C-]C(C)C(C)=C1C.Cc1cc2c([cH-]1)CCCC2c1ccccc1.[Cl-].[Cl-].[Ti+4]. The van der Waals surface area contributed by atoms with Crippen LogP contribution < -0.4 is 24.8 Å². The van der Waals surface area contributed by atoms with Crippen molar-refractivity contribution in [3.63, 3.8) is 0 Å². The fourth-order valence-corrected chi connectivity index (χ4v) is 4.12. The van der Waals surface area contributed by atoms with Gasteiger partial charge in [-0.15, -0.1) is 6.92 Å². The molecule has 0 aliphatic heterocycles. The van der Waals surface area contributed by atoms with Crippen LogP contribution in [0.2, 0.25) is 0 Å². The molecule has 4 rings (SSSR count). The standard InChI is InChI=1S/C16H17.C9H13.2ClH.Ti/c1-12-10-14-8-5-9-15(16(14)11-12)13-6-3-2-4-7-13;1-6-5-7(2)9(4)8(6)3;;;/h2-4,6-7,10-11,15H,5,8-9H2,1H3;6H,1-4H3;2*1H;/q2*-1;;;+4/p-2. The first-order valence-electron chi connectivity index (χ1n) is 9.56. The van der Waals surface area contributed by atoms with E-state index >= 15 is 0 Å². The topological polar surface area (TPSA) is 0 Å². The molecule has 2 aromatic rings. The summed E-state index contributed by atoms with van der Waals surface area (Å²) in [5.74, 6) is 1.20. The molecule has 0 amide bonds. The Balaban J connectivity index is 0.000000533. The molecule has 148 valence electrons. The molecule has 2 aliphatic carbocycles. The minimum atomic E-state index is 0. The van der Waals surface area contributed by atoms with Crippen molar-refractivity contribution in [1.82, 2.24) is 0 Å². The molecule has 0 N–H and O–H groups in total. The molecule has 2 atom stereocenters. The van der Waals surface area contributed by atoms with Gasteiger partial charge >= 0.3 is 21.7 Å². The van der Waals surface area contributed by atoms with Gasteiger partial charge in [0, 0.05) is 0 Å². The van der Waals surface area contributed by atoms with Gasteiger partial charge in [-0.3, -0.25) is 6.08 Å². The Hall–Kier alpha value is -0.656. The maximum Gasteiger partial charge on any atom is 4.00 e. The quantitative estimate of drug-likeness (QED) is 0.449. The van der Waals surface area contributed by atoms with Crippen LogP contribution in [-0.4, -0.2) is 0 Å². The van der Waals surface area contributed by atoms with Crippen LogP contribution >= 0.6 is 0 Å². The van der Waals surface area contributed by atoms with E-state index in [4.69, 9.17) is 0 Å². The maximum atomic E-state index is 3.36. The monoisotopic (exact) mass is 448 g/mol. The number of aryl methyl sites for hydroxylation is 2. The van der Waals surface area contributed by atoms with E-state index in [1.165, 1.54) is 47.1 Å². The summed E-state index contributed by atoms with van der Waals surface area (Å²) in [6.45, 7) is 10.9. The first-order valence-corrected chi connectivity index (χ1v) is 9.56. The molecule has 0 radical (unpaired) electrons. The second-order valence-electron chi connectivity index (χ2n) is 7.67. The van der Waals surface area contributed by atoms with E-state index in [-0.39, 0.29) is 46.5 Å². The van der Waals surface area contributed by atoms with Gasteiger partial charge in [-0.1, -0.05) is 88.8 Å². The van der Waals surface area contributed by atoms with Crippen molar-refractivity contribution < 1.29 is 46.5 Å². The van der Waals surface area contributed by atoms with Crippen molar-refractivity contribution in [2.24, 2.45) is 5.92 Å². The van der Waals surface area contributed by atoms with Crippen LogP contribution in [0.1, 0.15) is 68.7 Å². The summed E-state index contributed by atoms with van der Waals surface area (Å²) in [5, 5.41) is 0. The maximum absolute atomic E-state index is 3.36. The van der Waals surface area contributed by atoms with Crippen molar-refractivity contribution in [1.29, 1.82) is 0 Å². The molecule has 0 aromatic heterocycles. The Labute approximate surface area is 199 Å². The second kappa shape index (κ2) is 12.1. The zero-order chi connectivity index (χ0) is 18.0. The third kappa shape index (κ3) is 6.17. The third-order valence-electron chi connectivity index (χ3n) is 5.91. The number of hydrogen-bond donors (Lipinski definition) is 0. The molecule has 0 saturated carbocycles. The molecule has 2 aliphatic rings. The summed E-state index contributed by atoms with van der Waals surface area (Å²) in [4.78, 5) is 0. The number of benzene rings is 1. The van der Waals surface area contributed by atoms with Crippen molar-refractivity contribution >= 4 is 0 Å². The Bertz CT molecular complexity index is 799. The summed E-state index contributed by atoms with van der Waals surface area (Å²) in [5.41, 5.74) is 10.3. The first kappa shape index (κ1) is 27.3. The number of halogens is 2. The van der Waals surface area contributed by atoms with E-state index in [9.17, 15) is 0 Å². The van der Waals surface area contributed by atoms with Crippen LogP contribution in [0.5, 0.6) is 0 Å². The zero-order valence-corrected chi connectivity index (χ0v) is 20.6. The van der Waals surface area contributed by atoms with E-state index in [2.05, 4.69) is 83.2 Å². The number of hydrogen-bond acceptors (Lipinski definition) is 0. The van der Waals surface area contributed by atoms with Gasteiger partial charge in [0.25, 0.3) is 0 Å². The van der Waals surface area contributed by atoms with Crippen LogP contribution in [0.15, 0.2) is 59.2 Å². The molecule has 0 heterocycles. The average Bonchev–Trinajstić information content (AvgIpc) is 3.10. The molecule has 0 fully saturated rings. The van der Waals surface area contributed by atoms with Gasteiger partial charge in [0.15, 0.2) is 0 Å². The van der Waals surface area contributed by atoms with Crippen LogP contribution in [0.3, 0.4) is 0 Å². The molecule has 28 heavy (non-hydrogen) atoms. The number of allylic oxidation sites excluding steroid dienone is 4. The summed E-state index contributed by atoms with van der Waals surface area (Å²) < 4.78 is 0. The fourth-order valence-electron chi connectivity index (χ4n) is 4.12. The molecular weight excluding hydrogens is 419 g/mol. The first-order chi connectivity index (χ1) is 12.0. The average molecular weight is 449 g/mol. The van der Waals surface area contributed by atoms with Crippen molar-refractivity contribution in [3.05, 3.63) is 87.5 Å². The van der Waals surface area contributed by atoms with Gasteiger partial charge in [-0.05, 0) is 5.92 Å². The van der Waals surface area contributed by atoms with Gasteiger partial charge in [0.2, 0.25) is 0 Å². The summed E-state index contributed by atoms with van der Waals surface area (Å²) >= 11 is 0. The Morgan fingerprint density at radius 1 is 1.00 bits per heavy atom. The van der Waals surface area contributed by atoms with Crippen molar-refractivity contribution in [2.75, 3.05) is 0 Å². The normalized spacial score (nSPS) is 19.8. The van der Waals surface area contributed by atoms with Crippen molar-refractivity contribution in [3.8, 4) is 0 Å².